The summed E-state index contributed by atoms with van der Waals surface area (Å²) in [4.78, 5) is 24.3. The topological polar surface area (TPSA) is 69.6 Å². The SMILES string of the molecule is CC(NC(=O)N1CCC(C(=O)O)C1)C1CCC1. The number of aliphatic carboxylic acids is 1. The van der Waals surface area contributed by atoms with Crippen LogP contribution >= 0.6 is 0 Å². The monoisotopic (exact) mass is 240 g/mol. The van der Waals surface area contributed by atoms with E-state index in [2.05, 4.69) is 5.32 Å². The van der Waals surface area contributed by atoms with Crippen LogP contribution in [0.2, 0.25) is 0 Å². The van der Waals surface area contributed by atoms with Crippen LogP contribution in [0.1, 0.15) is 32.6 Å². The Hall–Kier alpha value is -1.26. The van der Waals surface area contributed by atoms with Crippen molar-refractivity contribution in [2.75, 3.05) is 13.1 Å². The summed E-state index contributed by atoms with van der Waals surface area (Å²) in [5.41, 5.74) is 0. The van der Waals surface area contributed by atoms with Crippen molar-refractivity contribution >= 4 is 12.0 Å². The number of carboxylic acids is 1. The van der Waals surface area contributed by atoms with E-state index in [4.69, 9.17) is 5.11 Å². The first-order valence-electron chi connectivity index (χ1n) is 6.36. The summed E-state index contributed by atoms with van der Waals surface area (Å²) in [7, 11) is 0. The summed E-state index contributed by atoms with van der Waals surface area (Å²) < 4.78 is 0. The number of rotatable bonds is 3. The number of hydrogen-bond donors (Lipinski definition) is 2. The molecule has 2 N–H and O–H groups in total. The third-order valence-corrected chi connectivity index (χ3v) is 4.03. The Balaban J connectivity index is 1.78. The van der Waals surface area contributed by atoms with E-state index in [1.165, 1.54) is 19.3 Å². The molecular weight excluding hydrogens is 220 g/mol. The molecule has 1 saturated carbocycles. The Morgan fingerprint density at radius 1 is 1.35 bits per heavy atom. The number of amides is 2. The van der Waals surface area contributed by atoms with Gasteiger partial charge in [0.15, 0.2) is 0 Å². The van der Waals surface area contributed by atoms with Crippen molar-refractivity contribution in [3.8, 4) is 0 Å². The van der Waals surface area contributed by atoms with Gasteiger partial charge < -0.3 is 15.3 Å². The fourth-order valence-corrected chi connectivity index (χ4v) is 2.49. The molecule has 5 heteroatoms. The molecule has 1 saturated heterocycles. The molecule has 0 spiro atoms. The molecule has 0 radical (unpaired) electrons. The molecule has 2 amide bonds. The zero-order valence-electron chi connectivity index (χ0n) is 10.2. The number of urea groups is 1. The molecule has 5 nitrogen and oxygen atoms in total. The number of likely N-dealkylation sites (tertiary alicyclic amines) is 1. The molecule has 0 aromatic carbocycles. The van der Waals surface area contributed by atoms with Crippen molar-refractivity contribution in [1.82, 2.24) is 10.2 Å². The average Bonchev–Trinajstić information content (AvgIpc) is 2.62. The maximum absolute atomic E-state index is 11.9. The smallest absolute Gasteiger partial charge is 0.317 e. The molecule has 1 aliphatic carbocycles. The van der Waals surface area contributed by atoms with E-state index in [0.29, 0.717) is 25.4 Å². The molecule has 96 valence electrons. The molecule has 2 fully saturated rings. The minimum atomic E-state index is -0.799. The molecular formula is C12H20N2O3. The predicted molar refractivity (Wildman–Crippen MR) is 62.7 cm³/mol. The fraction of sp³-hybridized carbons (Fsp3) is 0.833. The second-order valence-electron chi connectivity index (χ2n) is 5.20. The first-order chi connectivity index (χ1) is 8.08. The van der Waals surface area contributed by atoms with Gasteiger partial charge in [-0.1, -0.05) is 6.42 Å². The zero-order chi connectivity index (χ0) is 12.4. The van der Waals surface area contributed by atoms with Crippen LogP contribution in [-0.4, -0.2) is 41.1 Å². The van der Waals surface area contributed by atoms with Gasteiger partial charge in [0, 0.05) is 19.1 Å². The average molecular weight is 240 g/mol. The lowest BCUT2D eigenvalue weighted by Gasteiger charge is -2.33. The normalized spacial score (nSPS) is 26.4. The van der Waals surface area contributed by atoms with Gasteiger partial charge in [0.25, 0.3) is 0 Å². The number of hydrogen-bond acceptors (Lipinski definition) is 2. The summed E-state index contributed by atoms with van der Waals surface area (Å²) in [5.74, 6) is -0.580. The zero-order valence-corrected chi connectivity index (χ0v) is 10.2. The lowest BCUT2D eigenvalue weighted by Crippen LogP contribution is -2.47. The third kappa shape index (κ3) is 2.70. The Kier molecular flexibility index (Phi) is 3.54. The first-order valence-corrected chi connectivity index (χ1v) is 6.36. The van der Waals surface area contributed by atoms with Crippen molar-refractivity contribution in [2.24, 2.45) is 11.8 Å². The molecule has 1 aliphatic heterocycles. The number of carboxylic acid groups (broad SMARTS) is 1. The second kappa shape index (κ2) is 4.94. The van der Waals surface area contributed by atoms with Gasteiger partial charge in [-0.05, 0) is 32.1 Å². The number of nitrogens with one attached hydrogen (secondary N) is 1. The number of nitrogens with zero attached hydrogens (tertiary/aromatic N) is 1. The van der Waals surface area contributed by atoms with E-state index in [9.17, 15) is 9.59 Å². The highest BCUT2D eigenvalue weighted by molar-refractivity contribution is 5.77. The lowest BCUT2D eigenvalue weighted by atomic mass is 9.80. The van der Waals surface area contributed by atoms with Crippen LogP contribution in [0.3, 0.4) is 0 Å². The predicted octanol–water partition coefficient (Wildman–Crippen LogP) is 1.29. The Morgan fingerprint density at radius 2 is 2.06 bits per heavy atom. The van der Waals surface area contributed by atoms with Crippen LogP contribution in [-0.2, 0) is 4.79 Å². The maximum atomic E-state index is 11.9. The van der Waals surface area contributed by atoms with Gasteiger partial charge in [0.1, 0.15) is 0 Å². The minimum Gasteiger partial charge on any atom is -0.481 e. The Morgan fingerprint density at radius 3 is 2.53 bits per heavy atom. The molecule has 2 aliphatic rings. The molecule has 2 atom stereocenters. The first kappa shape index (κ1) is 12.2. The standard InChI is InChI=1S/C12H20N2O3/c1-8(9-3-2-4-9)13-12(17)14-6-5-10(7-14)11(15)16/h8-10H,2-7H2,1H3,(H,13,17)(H,15,16). The van der Waals surface area contributed by atoms with E-state index in [-0.39, 0.29) is 18.0 Å². The summed E-state index contributed by atoms with van der Waals surface area (Å²) in [6.45, 7) is 2.94. The van der Waals surface area contributed by atoms with Crippen LogP contribution in [0.4, 0.5) is 4.79 Å². The minimum absolute atomic E-state index is 0.104. The van der Waals surface area contributed by atoms with E-state index in [0.717, 1.165) is 0 Å². The highest BCUT2D eigenvalue weighted by Crippen LogP contribution is 2.29. The summed E-state index contributed by atoms with van der Waals surface area (Å²) in [5, 5.41) is 11.8. The van der Waals surface area contributed by atoms with Gasteiger partial charge in [-0.15, -0.1) is 0 Å². The van der Waals surface area contributed by atoms with Crippen LogP contribution in [0.25, 0.3) is 0 Å². The van der Waals surface area contributed by atoms with E-state index in [1.807, 2.05) is 6.92 Å². The van der Waals surface area contributed by atoms with Gasteiger partial charge in [0.2, 0.25) is 0 Å². The second-order valence-corrected chi connectivity index (χ2v) is 5.20. The van der Waals surface area contributed by atoms with E-state index >= 15 is 0 Å². The number of carbonyl (C=O) groups excluding carboxylic acids is 1. The molecule has 0 bridgehead atoms. The van der Waals surface area contributed by atoms with Crippen molar-refractivity contribution < 1.29 is 14.7 Å². The highest BCUT2D eigenvalue weighted by Gasteiger charge is 2.32. The molecule has 2 rings (SSSR count). The fourth-order valence-electron chi connectivity index (χ4n) is 2.49. The molecule has 1 heterocycles. The van der Waals surface area contributed by atoms with Crippen LogP contribution < -0.4 is 5.32 Å². The van der Waals surface area contributed by atoms with Gasteiger partial charge in [0.05, 0.1) is 5.92 Å². The van der Waals surface area contributed by atoms with Crippen molar-refractivity contribution in [3.63, 3.8) is 0 Å². The van der Waals surface area contributed by atoms with Gasteiger partial charge >= 0.3 is 12.0 Å². The quantitative estimate of drug-likeness (QED) is 0.781. The van der Waals surface area contributed by atoms with E-state index in [1.54, 1.807) is 4.90 Å². The Labute approximate surface area is 101 Å². The van der Waals surface area contributed by atoms with Crippen molar-refractivity contribution in [3.05, 3.63) is 0 Å². The van der Waals surface area contributed by atoms with Crippen molar-refractivity contribution in [2.45, 2.75) is 38.6 Å². The molecule has 0 aromatic heterocycles. The van der Waals surface area contributed by atoms with Gasteiger partial charge in [-0.25, -0.2) is 4.79 Å². The van der Waals surface area contributed by atoms with Gasteiger partial charge in [-0.3, -0.25) is 4.79 Å². The lowest BCUT2D eigenvalue weighted by molar-refractivity contribution is -0.141. The molecule has 0 aromatic rings. The van der Waals surface area contributed by atoms with Crippen LogP contribution in [0.5, 0.6) is 0 Å². The Bertz CT molecular complexity index is 315. The summed E-state index contributed by atoms with van der Waals surface area (Å²) in [6.07, 6.45) is 4.22. The summed E-state index contributed by atoms with van der Waals surface area (Å²) in [6, 6.07) is 0.105. The largest absolute Gasteiger partial charge is 0.481 e. The van der Waals surface area contributed by atoms with Crippen molar-refractivity contribution in [1.29, 1.82) is 0 Å². The van der Waals surface area contributed by atoms with Crippen LogP contribution in [0.15, 0.2) is 0 Å². The number of carbonyl (C=O) groups is 2. The molecule has 17 heavy (non-hydrogen) atoms. The van der Waals surface area contributed by atoms with Crippen LogP contribution in [0, 0.1) is 11.8 Å². The highest BCUT2D eigenvalue weighted by atomic mass is 16.4. The third-order valence-electron chi connectivity index (χ3n) is 4.03. The van der Waals surface area contributed by atoms with E-state index < -0.39 is 5.97 Å². The maximum Gasteiger partial charge on any atom is 0.317 e. The van der Waals surface area contributed by atoms with Gasteiger partial charge in [-0.2, -0.15) is 0 Å². The molecule has 2 unspecified atom stereocenters. The summed E-state index contributed by atoms with van der Waals surface area (Å²) >= 11 is 0.